The van der Waals surface area contributed by atoms with Crippen molar-refractivity contribution in [2.24, 2.45) is 0 Å². The van der Waals surface area contributed by atoms with E-state index in [4.69, 9.17) is 21.1 Å². The number of aromatic nitrogens is 3. The van der Waals surface area contributed by atoms with Gasteiger partial charge in [-0.3, -0.25) is 4.79 Å². The Balaban J connectivity index is 0.00000100. The molecule has 10 heteroatoms. The van der Waals surface area contributed by atoms with Crippen molar-refractivity contribution in [2.75, 3.05) is 31.4 Å². The molecule has 0 bridgehead atoms. The summed E-state index contributed by atoms with van der Waals surface area (Å²) in [5, 5.41) is 9.77. The number of benzene rings is 1. The molecule has 3 rings (SSSR count). The van der Waals surface area contributed by atoms with Gasteiger partial charge in [0, 0.05) is 43.9 Å². The Morgan fingerprint density at radius 1 is 1.11 bits per heavy atom. The summed E-state index contributed by atoms with van der Waals surface area (Å²) in [6.45, 7) is 8.66. The van der Waals surface area contributed by atoms with Gasteiger partial charge in [0.1, 0.15) is 17.0 Å². The Morgan fingerprint density at radius 3 is 2.49 bits per heavy atom. The topological polar surface area (TPSA) is 110 Å². The first-order valence-electron chi connectivity index (χ1n) is 11.6. The fraction of sp³-hybridized carbons (Fsp3) is 0.440. The van der Waals surface area contributed by atoms with Crippen LogP contribution in [0.5, 0.6) is 11.5 Å². The molecule has 190 valence electrons. The predicted octanol–water partition coefficient (Wildman–Crippen LogP) is 5.05. The summed E-state index contributed by atoms with van der Waals surface area (Å²) in [6.07, 6.45) is 4.19. The molecule has 0 radical (unpaired) electrons. The van der Waals surface area contributed by atoms with Crippen molar-refractivity contribution in [1.82, 2.24) is 20.3 Å². The third-order valence-corrected chi connectivity index (χ3v) is 5.18. The van der Waals surface area contributed by atoms with Gasteiger partial charge in [-0.15, -0.1) is 0 Å². The molecule has 9 nitrogen and oxygen atoms in total. The highest BCUT2D eigenvalue weighted by Gasteiger charge is 2.13. The van der Waals surface area contributed by atoms with Crippen molar-refractivity contribution in [3.05, 3.63) is 41.0 Å². The van der Waals surface area contributed by atoms with Gasteiger partial charge >= 0.3 is 0 Å². The average molecular weight is 503 g/mol. The number of halogens is 1. The number of rotatable bonds is 10. The second-order valence-electron chi connectivity index (χ2n) is 7.93. The van der Waals surface area contributed by atoms with Gasteiger partial charge in [-0.25, -0.2) is 9.97 Å². The lowest BCUT2D eigenvalue weighted by molar-refractivity contribution is -0.118. The van der Waals surface area contributed by atoms with Crippen molar-refractivity contribution in [2.45, 2.75) is 53.1 Å². The van der Waals surface area contributed by atoms with Crippen molar-refractivity contribution >= 4 is 40.3 Å². The summed E-state index contributed by atoms with van der Waals surface area (Å²) in [6, 6.07) is 7.25. The molecule has 0 aliphatic heterocycles. The maximum Gasteiger partial charge on any atom is 0.225 e. The van der Waals surface area contributed by atoms with Crippen LogP contribution < -0.4 is 25.4 Å². The molecule has 1 unspecified atom stereocenters. The van der Waals surface area contributed by atoms with E-state index >= 15 is 0 Å². The van der Waals surface area contributed by atoms with Crippen LogP contribution in [0.1, 0.15) is 46.1 Å². The molecule has 2 aromatic heterocycles. The number of ether oxygens (including phenoxy) is 2. The monoisotopic (exact) mass is 502 g/mol. The zero-order chi connectivity index (χ0) is 25.8. The van der Waals surface area contributed by atoms with E-state index in [0.717, 1.165) is 5.56 Å². The van der Waals surface area contributed by atoms with Crippen LogP contribution in [-0.2, 0) is 11.3 Å². The smallest absolute Gasteiger partial charge is 0.225 e. The molecule has 35 heavy (non-hydrogen) atoms. The highest BCUT2D eigenvalue weighted by Crippen LogP contribution is 2.26. The molecule has 0 spiro atoms. The van der Waals surface area contributed by atoms with E-state index in [1.165, 1.54) is 19.8 Å². The summed E-state index contributed by atoms with van der Waals surface area (Å²) in [5.41, 5.74) is 2.11. The molecule has 1 amide bonds. The first-order chi connectivity index (χ1) is 16.8. The predicted molar refractivity (Wildman–Crippen MR) is 142 cm³/mol. The van der Waals surface area contributed by atoms with Crippen LogP contribution in [0.2, 0.25) is 5.02 Å². The number of unbranched alkanes of at least 4 members (excludes halogenated alkanes) is 1. The molecule has 0 saturated carbocycles. The molecule has 2 heterocycles. The van der Waals surface area contributed by atoms with Crippen molar-refractivity contribution in [3.8, 4) is 11.5 Å². The summed E-state index contributed by atoms with van der Waals surface area (Å²) in [5.74, 6) is 2.26. The van der Waals surface area contributed by atoms with E-state index in [-0.39, 0.29) is 11.9 Å². The number of fused-ring (bicyclic) bond motifs is 1. The summed E-state index contributed by atoms with van der Waals surface area (Å²) in [7, 11) is 3.22. The van der Waals surface area contributed by atoms with Gasteiger partial charge in [-0.2, -0.15) is 4.98 Å². The number of anilines is 2. The number of carbonyl (C=O) groups is 1. The molecule has 1 aromatic carbocycles. The number of methoxy groups -OCH3 is 2. The molecule has 3 aromatic rings. The molecule has 3 N–H and O–H groups in total. The highest BCUT2D eigenvalue weighted by atomic mass is 35.5. The number of hydrogen-bond acceptors (Lipinski definition) is 8. The summed E-state index contributed by atoms with van der Waals surface area (Å²) >= 11 is 6.12. The maximum absolute atomic E-state index is 11.2. The van der Waals surface area contributed by atoms with Gasteiger partial charge in [0.25, 0.3) is 0 Å². The van der Waals surface area contributed by atoms with Gasteiger partial charge in [-0.05, 0) is 25.1 Å². The van der Waals surface area contributed by atoms with E-state index < -0.39 is 0 Å². The number of pyridine rings is 1. The number of nitrogens with one attached hydrogen (secondary N) is 3. The summed E-state index contributed by atoms with van der Waals surface area (Å²) in [4.78, 5) is 24.7. The van der Waals surface area contributed by atoms with Crippen molar-refractivity contribution < 1.29 is 14.3 Å². The van der Waals surface area contributed by atoms with Crippen molar-refractivity contribution in [1.29, 1.82) is 0 Å². The zero-order valence-electron chi connectivity index (χ0n) is 21.2. The number of hydrogen-bond donors (Lipinski definition) is 3. The largest absolute Gasteiger partial charge is 0.497 e. The minimum absolute atomic E-state index is 0.0750. The van der Waals surface area contributed by atoms with Crippen LogP contribution in [0, 0.1) is 0 Å². The van der Waals surface area contributed by atoms with Crippen LogP contribution in [0.15, 0.2) is 30.5 Å². The molecule has 0 aliphatic carbocycles. The molecule has 1 atom stereocenters. The fourth-order valence-corrected chi connectivity index (χ4v) is 3.08. The Bertz CT molecular complexity index is 1110. The van der Waals surface area contributed by atoms with Crippen LogP contribution in [0.25, 0.3) is 11.0 Å². The molecule has 0 saturated heterocycles. The van der Waals surface area contributed by atoms with E-state index in [1.54, 1.807) is 26.5 Å². The van der Waals surface area contributed by atoms with Crippen LogP contribution in [-0.4, -0.2) is 47.7 Å². The first-order valence-corrected chi connectivity index (χ1v) is 12.0. The van der Waals surface area contributed by atoms with Gasteiger partial charge in [0.15, 0.2) is 5.82 Å². The second-order valence-corrected chi connectivity index (χ2v) is 8.37. The fourth-order valence-electron chi connectivity index (χ4n) is 2.93. The quantitative estimate of drug-likeness (QED) is 0.353. The average Bonchev–Trinajstić information content (AvgIpc) is 2.85. The minimum Gasteiger partial charge on any atom is -0.497 e. The third kappa shape index (κ3) is 8.75. The third-order valence-electron chi connectivity index (χ3n) is 4.97. The van der Waals surface area contributed by atoms with Gasteiger partial charge in [0.2, 0.25) is 11.9 Å². The SMILES string of the molecule is CCCC.COc1ccc(CNc2nc(NC(C)CNC(C)=O)c3ncc(Cl)cc3n2)c(OC)c1. The van der Waals surface area contributed by atoms with E-state index in [9.17, 15) is 4.79 Å². The number of amides is 1. The lowest BCUT2D eigenvalue weighted by Crippen LogP contribution is -2.33. The number of carbonyl (C=O) groups excluding carboxylic acids is 1. The Hall–Kier alpha value is -3.33. The van der Waals surface area contributed by atoms with Crippen LogP contribution in [0.4, 0.5) is 11.8 Å². The lowest BCUT2D eigenvalue weighted by Gasteiger charge is -2.17. The first kappa shape index (κ1) is 27.9. The molecule has 0 aliphatic rings. The normalized spacial score (nSPS) is 11.2. The summed E-state index contributed by atoms with van der Waals surface area (Å²) < 4.78 is 10.7. The van der Waals surface area contributed by atoms with Crippen LogP contribution in [0.3, 0.4) is 0 Å². The Morgan fingerprint density at radius 2 is 1.86 bits per heavy atom. The minimum atomic E-state index is -0.0955. The second kappa shape index (κ2) is 14.2. The molecular formula is C25H35ClN6O3. The maximum atomic E-state index is 11.2. The standard InChI is InChI=1S/C21H25ClN6O3.C4H10/c1-12(9-23-13(2)29)26-20-19-17(7-15(22)11-24-19)27-21(28-20)25-10-14-5-6-16(30-3)8-18(14)31-4;1-3-4-2/h5-8,11-12H,9-10H2,1-4H3,(H,23,29)(H2,25,26,27,28);3-4H2,1-2H3. The Kier molecular flexibility index (Phi) is 11.3. The highest BCUT2D eigenvalue weighted by molar-refractivity contribution is 6.31. The van der Waals surface area contributed by atoms with Gasteiger partial charge in [0.05, 0.1) is 24.8 Å². The molecular weight excluding hydrogens is 468 g/mol. The zero-order valence-corrected chi connectivity index (χ0v) is 22.0. The van der Waals surface area contributed by atoms with Gasteiger partial charge in [-0.1, -0.05) is 38.3 Å². The van der Waals surface area contributed by atoms with E-state index in [1.807, 2.05) is 25.1 Å². The Labute approximate surface area is 212 Å². The van der Waals surface area contributed by atoms with Gasteiger partial charge < -0.3 is 25.4 Å². The van der Waals surface area contributed by atoms with Crippen molar-refractivity contribution in [3.63, 3.8) is 0 Å². The van der Waals surface area contributed by atoms with E-state index in [2.05, 4.69) is 44.7 Å². The molecule has 0 fully saturated rings. The van der Waals surface area contributed by atoms with E-state index in [0.29, 0.717) is 52.4 Å². The van der Waals surface area contributed by atoms with Crippen LogP contribution >= 0.6 is 11.6 Å². The number of nitrogens with zero attached hydrogens (tertiary/aromatic N) is 3. The lowest BCUT2D eigenvalue weighted by atomic mass is 10.2.